The maximum absolute atomic E-state index is 13.8. The van der Waals surface area contributed by atoms with Gasteiger partial charge in [0.25, 0.3) is 0 Å². The Balaban J connectivity index is 1.69. The van der Waals surface area contributed by atoms with Crippen molar-refractivity contribution in [3.05, 3.63) is 42.2 Å². The Bertz CT molecular complexity index is 660. The van der Waals surface area contributed by atoms with Gasteiger partial charge in [0.2, 0.25) is 5.88 Å². The molecule has 7 heteroatoms. The smallest absolute Gasteiger partial charge is 0.218 e. The number of aromatic nitrogens is 2. The Morgan fingerprint density at radius 3 is 2.41 bits per heavy atom. The van der Waals surface area contributed by atoms with Gasteiger partial charge in [-0.05, 0) is 12.1 Å². The van der Waals surface area contributed by atoms with Crippen LogP contribution in [0.4, 0.5) is 20.3 Å². The summed E-state index contributed by atoms with van der Waals surface area (Å²) in [4.78, 5) is 12.2. The van der Waals surface area contributed by atoms with E-state index in [9.17, 15) is 8.78 Å². The van der Waals surface area contributed by atoms with Gasteiger partial charge in [-0.1, -0.05) is 0 Å². The highest BCUT2D eigenvalue weighted by atomic mass is 19.1. The molecule has 1 aliphatic rings. The monoisotopic (exact) mass is 306 g/mol. The van der Waals surface area contributed by atoms with E-state index in [1.54, 1.807) is 13.2 Å². The van der Waals surface area contributed by atoms with E-state index in [2.05, 4.69) is 14.9 Å². The Labute approximate surface area is 127 Å². The van der Waals surface area contributed by atoms with Gasteiger partial charge in [0.15, 0.2) is 0 Å². The molecule has 3 rings (SSSR count). The molecule has 1 saturated heterocycles. The van der Waals surface area contributed by atoms with Crippen molar-refractivity contribution in [1.82, 2.24) is 9.97 Å². The topological polar surface area (TPSA) is 41.5 Å². The molecule has 2 heterocycles. The molecule has 22 heavy (non-hydrogen) atoms. The first-order chi connectivity index (χ1) is 10.7. The van der Waals surface area contributed by atoms with Crippen LogP contribution in [0, 0.1) is 11.6 Å². The van der Waals surface area contributed by atoms with Crippen molar-refractivity contribution in [3.63, 3.8) is 0 Å². The molecular formula is C15H16F2N4O. The van der Waals surface area contributed by atoms with E-state index in [-0.39, 0.29) is 0 Å². The quantitative estimate of drug-likeness (QED) is 0.868. The third-order valence-corrected chi connectivity index (χ3v) is 3.69. The third kappa shape index (κ3) is 2.93. The van der Waals surface area contributed by atoms with Crippen LogP contribution < -0.4 is 14.5 Å². The summed E-state index contributed by atoms with van der Waals surface area (Å²) in [5.41, 5.74) is 0.432. The molecule has 0 radical (unpaired) electrons. The van der Waals surface area contributed by atoms with E-state index >= 15 is 0 Å². The van der Waals surface area contributed by atoms with Crippen molar-refractivity contribution in [2.45, 2.75) is 0 Å². The molecule has 1 aliphatic heterocycles. The molecule has 5 nitrogen and oxygen atoms in total. The zero-order valence-electron chi connectivity index (χ0n) is 12.2. The summed E-state index contributed by atoms with van der Waals surface area (Å²) in [5, 5.41) is 0. The zero-order valence-corrected chi connectivity index (χ0v) is 12.2. The lowest BCUT2D eigenvalue weighted by molar-refractivity contribution is 0.396. The molecule has 0 N–H and O–H groups in total. The minimum absolute atomic E-state index is 0.432. The Morgan fingerprint density at radius 2 is 1.73 bits per heavy atom. The number of anilines is 2. The number of hydrogen-bond acceptors (Lipinski definition) is 5. The predicted octanol–water partition coefficient (Wildman–Crippen LogP) is 2.09. The minimum Gasteiger partial charge on any atom is -0.481 e. The van der Waals surface area contributed by atoms with Gasteiger partial charge in [0.05, 0.1) is 12.8 Å². The number of hydrogen-bond donors (Lipinski definition) is 0. The highest BCUT2D eigenvalue weighted by Gasteiger charge is 2.21. The van der Waals surface area contributed by atoms with Crippen LogP contribution in [0.3, 0.4) is 0 Å². The Hall–Kier alpha value is -2.44. The third-order valence-electron chi connectivity index (χ3n) is 3.69. The molecule has 0 unspecified atom stereocenters. The summed E-state index contributed by atoms with van der Waals surface area (Å²) in [6.45, 7) is 2.65. The van der Waals surface area contributed by atoms with E-state index in [0.29, 0.717) is 37.7 Å². The van der Waals surface area contributed by atoms with Crippen LogP contribution in [-0.2, 0) is 0 Å². The maximum Gasteiger partial charge on any atom is 0.218 e. The summed E-state index contributed by atoms with van der Waals surface area (Å²) in [6, 6.07) is 5.44. The number of piperazine rings is 1. The van der Waals surface area contributed by atoms with Crippen LogP contribution in [0.2, 0.25) is 0 Å². The van der Waals surface area contributed by atoms with Gasteiger partial charge in [0, 0.05) is 38.3 Å². The van der Waals surface area contributed by atoms with Gasteiger partial charge < -0.3 is 14.5 Å². The molecule has 0 atom stereocenters. The van der Waals surface area contributed by atoms with Gasteiger partial charge in [0.1, 0.15) is 23.8 Å². The average Bonchev–Trinajstić information content (AvgIpc) is 2.55. The number of benzene rings is 1. The van der Waals surface area contributed by atoms with Gasteiger partial charge in [-0.2, -0.15) is 0 Å². The standard InChI is InChI=1S/C15H16F2N4O/c1-22-15-9-14(18-10-19-15)21-6-4-20(5-7-21)13-3-2-11(16)8-12(13)17/h2-3,8-10H,4-7H2,1H3. The fraction of sp³-hybridized carbons (Fsp3) is 0.333. The molecule has 0 saturated carbocycles. The summed E-state index contributed by atoms with van der Waals surface area (Å²) >= 11 is 0. The number of ether oxygens (including phenoxy) is 1. The Morgan fingerprint density at radius 1 is 1.00 bits per heavy atom. The van der Waals surface area contributed by atoms with Gasteiger partial charge in [-0.15, -0.1) is 0 Å². The number of rotatable bonds is 3. The summed E-state index contributed by atoms with van der Waals surface area (Å²) < 4.78 is 31.9. The molecule has 116 valence electrons. The highest BCUT2D eigenvalue weighted by Crippen LogP contribution is 2.23. The van der Waals surface area contributed by atoms with Crippen LogP contribution in [0.5, 0.6) is 5.88 Å². The van der Waals surface area contributed by atoms with Crippen molar-refractivity contribution in [2.24, 2.45) is 0 Å². The summed E-state index contributed by atoms with van der Waals surface area (Å²) in [6.07, 6.45) is 1.46. The molecule has 1 aromatic carbocycles. The first-order valence-electron chi connectivity index (χ1n) is 6.98. The molecule has 0 aliphatic carbocycles. The fourth-order valence-corrected chi connectivity index (χ4v) is 2.53. The normalized spacial score (nSPS) is 15.0. The van der Waals surface area contributed by atoms with Gasteiger partial charge in [-0.3, -0.25) is 0 Å². The molecule has 1 aromatic heterocycles. The summed E-state index contributed by atoms with van der Waals surface area (Å²) in [5.74, 6) is 0.202. The SMILES string of the molecule is COc1cc(N2CCN(c3ccc(F)cc3F)CC2)ncn1. The second-order valence-electron chi connectivity index (χ2n) is 4.99. The molecule has 0 spiro atoms. The first-order valence-corrected chi connectivity index (χ1v) is 6.98. The van der Waals surface area contributed by atoms with Gasteiger partial charge >= 0.3 is 0 Å². The lowest BCUT2D eigenvalue weighted by Gasteiger charge is -2.36. The molecule has 1 fully saturated rings. The highest BCUT2D eigenvalue weighted by molar-refractivity contribution is 5.50. The number of nitrogens with zero attached hydrogens (tertiary/aromatic N) is 4. The maximum atomic E-state index is 13.8. The Kier molecular flexibility index (Phi) is 4.04. The van der Waals surface area contributed by atoms with Crippen LogP contribution in [-0.4, -0.2) is 43.3 Å². The lowest BCUT2D eigenvalue weighted by Crippen LogP contribution is -2.47. The van der Waals surface area contributed by atoms with Crippen LogP contribution in [0.15, 0.2) is 30.6 Å². The zero-order chi connectivity index (χ0) is 15.5. The summed E-state index contributed by atoms with van der Waals surface area (Å²) in [7, 11) is 1.56. The van der Waals surface area contributed by atoms with Crippen LogP contribution >= 0.6 is 0 Å². The first kappa shape index (κ1) is 14.5. The van der Waals surface area contributed by atoms with Crippen molar-refractivity contribution in [1.29, 1.82) is 0 Å². The second-order valence-corrected chi connectivity index (χ2v) is 4.99. The molecular weight excluding hydrogens is 290 g/mol. The fourth-order valence-electron chi connectivity index (χ4n) is 2.53. The largest absolute Gasteiger partial charge is 0.481 e. The number of halogens is 2. The molecule has 0 bridgehead atoms. The molecule has 0 amide bonds. The van der Waals surface area contributed by atoms with Crippen molar-refractivity contribution >= 4 is 11.5 Å². The number of methoxy groups -OCH3 is 1. The van der Waals surface area contributed by atoms with E-state index in [1.807, 2.05) is 4.90 Å². The predicted molar refractivity (Wildman–Crippen MR) is 79.4 cm³/mol. The minimum atomic E-state index is -0.562. The van der Waals surface area contributed by atoms with Gasteiger partial charge in [-0.25, -0.2) is 18.7 Å². The lowest BCUT2D eigenvalue weighted by atomic mass is 10.2. The molecule has 2 aromatic rings. The second kappa shape index (κ2) is 6.13. The van der Waals surface area contributed by atoms with Crippen molar-refractivity contribution < 1.29 is 13.5 Å². The van der Waals surface area contributed by atoms with E-state index in [1.165, 1.54) is 18.5 Å². The van der Waals surface area contributed by atoms with Crippen LogP contribution in [0.25, 0.3) is 0 Å². The van der Waals surface area contributed by atoms with E-state index in [4.69, 9.17) is 4.74 Å². The van der Waals surface area contributed by atoms with Crippen molar-refractivity contribution in [3.8, 4) is 5.88 Å². The van der Waals surface area contributed by atoms with E-state index < -0.39 is 11.6 Å². The average molecular weight is 306 g/mol. The van der Waals surface area contributed by atoms with E-state index in [0.717, 1.165) is 11.9 Å². The van der Waals surface area contributed by atoms with Crippen molar-refractivity contribution in [2.75, 3.05) is 43.1 Å². The van der Waals surface area contributed by atoms with Crippen LogP contribution in [0.1, 0.15) is 0 Å².